The van der Waals surface area contributed by atoms with Gasteiger partial charge in [0.2, 0.25) is 0 Å². The van der Waals surface area contributed by atoms with E-state index in [9.17, 15) is 4.79 Å². The fourth-order valence-corrected chi connectivity index (χ4v) is 3.66. The summed E-state index contributed by atoms with van der Waals surface area (Å²) >= 11 is 0. The molecule has 2 N–H and O–H groups in total. The van der Waals surface area contributed by atoms with Crippen LogP contribution in [0.3, 0.4) is 0 Å². The van der Waals surface area contributed by atoms with Crippen LogP contribution in [-0.4, -0.2) is 62.3 Å². The van der Waals surface area contributed by atoms with Gasteiger partial charge in [0.15, 0.2) is 0 Å². The van der Waals surface area contributed by atoms with Gasteiger partial charge in [0, 0.05) is 38.8 Å². The van der Waals surface area contributed by atoms with Gasteiger partial charge in [-0.05, 0) is 50.8 Å². The Morgan fingerprint density at radius 2 is 2.23 bits per heavy atom. The molecule has 0 bridgehead atoms. The van der Waals surface area contributed by atoms with Gasteiger partial charge in [0.1, 0.15) is 11.9 Å². The molecule has 2 fully saturated rings. The minimum atomic E-state index is -0.336. The standard InChI is InChI=1S/C20H31N3O3/c1-3-25-19-14-16(13-15(2)23-10-8-21-9-11-23)6-7-17(19)22-20(24)18-5-4-12-26-18/h6-7,14-15,18,21H,3-5,8-13H2,1-2H3,(H,22,24). The van der Waals surface area contributed by atoms with E-state index in [0.717, 1.165) is 56.9 Å². The molecule has 2 aliphatic rings. The highest BCUT2D eigenvalue weighted by Crippen LogP contribution is 2.28. The van der Waals surface area contributed by atoms with E-state index in [1.54, 1.807) is 0 Å². The van der Waals surface area contributed by atoms with Gasteiger partial charge in [-0.1, -0.05) is 6.07 Å². The van der Waals surface area contributed by atoms with Gasteiger partial charge < -0.3 is 20.1 Å². The van der Waals surface area contributed by atoms with E-state index in [-0.39, 0.29) is 12.0 Å². The van der Waals surface area contributed by atoms with E-state index in [1.807, 2.05) is 13.0 Å². The molecule has 144 valence electrons. The van der Waals surface area contributed by atoms with E-state index in [0.29, 0.717) is 19.3 Å². The Balaban J connectivity index is 1.66. The summed E-state index contributed by atoms with van der Waals surface area (Å²) in [5.74, 6) is 0.661. The summed E-state index contributed by atoms with van der Waals surface area (Å²) in [4.78, 5) is 14.9. The van der Waals surface area contributed by atoms with Crippen molar-refractivity contribution in [3.05, 3.63) is 23.8 Å². The van der Waals surface area contributed by atoms with E-state index >= 15 is 0 Å². The predicted octanol–water partition coefficient (Wildman–Crippen LogP) is 2.04. The Morgan fingerprint density at radius 1 is 1.42 bits per heavy atom. The van der Waals surface area contributed by atoms with Crippen molar-refractivity contribution in [1.82, 2.24) is 10.2 Å². The molecule has 6 heteroatoms. The number of nitrogens with zero attached hydrogens (tertiary/aromatic N) is 1. The lowest BCUT2D eigenvalue weighted by molar-refractivity contribution is -0.124. The molecule has 2 aliphatic heterocycles. The fourth-order valence-electron chi connectivity index (χ4n) is 3.66. The van der Waals surface area contributed by atoms with Crippen LogP contribution in [0.5, 0.6) is 5.75 Å². The van der Waals surface area contributed by atoms with Gasteiger partial charge in [-0.15, -0.1) is 0 Å². The molecule has 2 atom stereocenters. The molecule has 1 amide bonds. The molecule has 26 heavy (non-hydrogen) atoms. The zero-order valence-electron chi connectivity index (χ0n) is 15.9. The quantitative estimate of drug-likeness (QED) is 0.778. The average Bonchev–Trinajstić information content (AvgIpc) is 3.19. The number of amides is 1. The van der Waals surface area contributed by atoms with Crippen LogP contribution in [-0.2, 0) is 16.0 Å². The summed E-state index contributed by atoms with van der Waals surface area (Å²) < 4.78 is 11.3. The maximum atomic E-state index is 12.3. The lowest BCUT2D eigenvalue weighted by Gasteiger charge is -2.33. The third kappa shape index (κ3) is 4.96. The second-order valence-corrected chi connectivity index (χ2v) is 7.09. The molecule has 6 nitrogen and oxygen atoms in total. The van der Waals surface area contributed by atoms with Crippen LogP contribution in [0.4, 0.5) is 5.69 Å². The minimum absolute atomic E-state index is 0.0783. The number of nitrogens with one attached hydrogen (secondary N) is 2. The SMILES string of the molecule is CCOc1cc(CC(C)N2CCNCC2)ccc1NC(=O)C1CCCO1. The molecule has 3 rings (SSSR count). The Morgan fingerprint density at radius 3 is 2.92 bits per heavy atom. The van der Waals surface area contributed by atoms with Crippen LogP contribution in [0, 0.1) is 0 Å². The first-order valence-corrected chi connectivity index (χ1v) is 9.80. The fraction of sp³-hybridized carbons (Fsp3) is 0.650. The third-order valence-electron chi connectivity index (χ3n) is 5.13. The molecule has 1 aromatic rings. The van der Waals surface area contributed by atoms with Crippen molar-refractivity contribution in [1.29, 1.82) is 0 Å². The Labute approximate surface area is 156 Å². The summed E-state index contributed by atoms with van der Waals surface area (Å²) in [5, 5.41) is 6.37. The Hall–Kier alpha value is -1.63. The maximum absolute atomic E-state index is 12.3. The molecule has 0 radical (unpaired) electrons. The smallest absolute Gasteiger partial charge is 0.253 e. The molecule has 0 aromatic heterocycles. The van der Waals surface area contributed by atoms with Crippen LogP contribution in [0.1, 0.15) is 32.3 Å². The topological polar surface area (TPSA) is 62.8 Å². The van der Waals surface area contributed by atoms with Crippen LogP contribution in [0.2, 0.25) is 0 Å². The first kappa shape index (κ1) is 19.1. The summed E-state index contributed by atoms with van der Waals surface area (Å²) in [7, 11) is 0. The highest BCUT2D eigenvalue weighted by Gasteiger charge is 2.24. The third-order valence-corrected chi connectivity index (χ3v) is 5.13. The van der Waals surface area contributed by atoms with E-state index in [1.165, 1.54) is 5.56 Å². The van der Waals surface area contributed by atoms with Crippen molar-refractivity contribution < 1.29 is 14.3 Å². The zero-order valence-corrected chi connectivity index (χ0v) is 15.9. The number of piperazine rings is 1. The monoisotopic (exact) mass is 361 g/mol. The van der Waals surface area contributed by atoms with Crippen molar-refractivity contribution >= 4 is 11.6 Å². The van der Waals surface area contributed by atoms with Gasteiger partial charge >= 0.3 is 0 Å². The summed E-state index contributed by atoms with van der Waals surface area (Å²) in [6.45, 7) is 9.77. The van der Waals surface area contributed by atoms with E-state index in [2.05, 4.69) is 34.6 Å². The molecule has 2 unspecified atom stereocenters. The number of carbonyl (C=O) groups is 1. The average molecular weight is 361 g/mol. The molecule has 0 aliphatic carbocycles. The molecule has 2 heterocycles. The second-order valence-electron chi connectivity index (χ2n) is 7.09. The van der Waals surface area contributed by atoms with Crippen LogP contribution < -0.4 is 15.4 Å². The molecule has 1 aromatic carbocycles. The van der Waals surface area contributed by atoms with Gasteiger partial charge in [-0.3, -0.25) is 9.69 Å². The highest BCUT2D eigenvalue weighted by molar-refractivity contribution is 5.95. The van der Waals surface area contributed by atoms with Crippen molar-refractivity contribution in [2.75, 3.05) is 44.7 Å². The molecule has 0 spiro atoms. The number of ether oxygens (including phenoxy) is 2. The molecule has 2 saturated heterocycles. The first-order chi connectivity index (χ1) is 12.7. The summed E-state index contributed by atoms with van der Waals surface area (Å²) in [6, 6.07) is 6.59. The summed E-state index contributed by atoms with van der Waals surface area (Å²) in [6.07, 6.45) is 2.37. The number of benzene rings is 1. The minimum Gasteiger partial charge on any atom is -0.492 e. The lowest BCUT2D eigenvalue weighted by Crippen LogP contribution is -2.48. The van der Waals surface area contributed by atoms with Crippen molar-refractivity contribution in [3.8, 4) is 5.75 Å². The Bertz CT molecular complexity index is 596. The van der Waals surface area contributed by atoms with Crippen LogP contribution >= 0.6 is 0 Å². The van der Waals surface area contributed by atoms with Gasteiger partial charge in [0.25, 0.3) is 5.91 Å². The lowest BCUT2D eigenvalue weighted by atomic mass is 10.0. The number of hydrogen-bond donors (Lipinski definition) is 2. The first-order valence-electron chi connectivity index (χ1n) is 9.80. The number of rotatable bonds is 7. The predicted molar refractivity (Wildman–Crippen MR) is 103 cm³/mol. The number of hydrogen-bond acceptors (Lipinski definition) is 5. The zero-order chi connectivity index (χ0) is 18.4. The van der Waals surface area contributed by atoms with E-state index < -0.39 is 0 Å². The van der Waals surface area contributed by atoms with Gasteiger partial charge in [-0.2, -0.15) is 0 Å². The normalized spacial score (nSPS) is 22.2. The number of carbonyl (C=O) groups excluding carboxylic acids is 1. The number of anilines is 1. The highest BCUT2D eigenvalue weighted by atomic mass is 16.5. The second kappa shape index (κ2) is 9.35. The van der Waals surface area contributed by atoms with Gasteiger partial charge in [0.05, 0.1) is 12.3 Å². The van der Waals surface area contributed by atoms with Gasteiger partial charge in [-0.25, -0.2) is 0 Å². The van der Waals surface area contributed by atoms with Crippen molar-refractivity contribution in [3.63, 3.8) is 0 Å². The summed E-state index contributed by atoms with van der Waals surface area (Å²) in [5.41, 5.74) is 1.96. The molecular weight excluding hydrogens is 330 g/mol. The maximum Gasteiger partial charge on any atom is 0.253 e. The Kier molecular flexibility index (Phi) is 6.88. The van der Waals surface area contributed by atoms with Crippen molar-refractivity contribution in [2.45, 2.75) is 45.3 Å². The van der Waals surface area contributed by atoms with Crippen LogP contribution in [0.25, 0.3) is 0 Å². The molecule has 0 saturated carbocycles. The largest absolute Gasteiger partial charge is 0.492 e. The van der Waals surface area contributed by atoms with E-state index in [4.69, 9.17) is 9.47 Å². The van der Waals surface area contributed by atoms with Crippen LogP contribution in [0.15, 0.2) is 18.2 Å². The van der Waals surface area contributed by atoms with Crippen molar-refractivity contribution in [2.24, 2.45) is 0 Å². The molecular formula is C20H31N3O3.